The number of aromatic nitrogens is 1. The largest absolute Gasteiger partial charge is 0.447 e. The molecule has 0 spiro atoms. The molecule has 5 rings (SSSR count). The number of halogens is 1. The Morgan fingerprint density at radius 3 is 2.19 bits per heavy atom. The molecule has 10 nitrogen and oxygen atoms in total. The van der Waals surface area contributed by atoms with E-state index in [-0.39, 0.29) is 17.8 Å². The normalized spacial score (nSPS) is 21.4. The molecular weight excluding hydrogens is 479 g/mol. The van der Waals surface area contributed by atoms with Crippen LogP contribution in [0.5, 0.6) is 0 Å². The first-order valence-corrected chi connectivity index (χ1v) is 13.2. The molecule has 1 aromatic carbocycles. The van der Waals surface area contributed by atoms with Crippen molar-refractivity contribution < 1.29 is 23.4 Å². The van der Waals surface area contributed by atoms with Crippen molar-refractivity contribution in [2.75, 3.05) is 96.7 Å². The van der Waals surface area contributed by atoms with Crippen LogP contribution in [-0.4, -0.2) is 133 Å². The van der Waals surface area contributed by atoms with Crippen LogP contribution in [0.25, 0.3) is 0 Å². The summed E-state index contributed by atoms with van der Waals surface area (Å²) in [5.74, 6) is 0.182. The zero-order valence-corrected chi connectivity index (χ0v) is 21.3. The van der Waals surface area contributed by atoms with Gasteiger partial charge in [0, 0.05) is 84.2 Å². The van der Waals surface area contributed by atoms with Crippen LogP contribution in [0.15, 0.2) is 34.9 Å². The van der Waals surface area contributed by atoms with Gasteiger partial charge >= 0.3 is 0 Å². The summed E-state index contributed by atoms with van der Waals surface area (Å²) in [6.07, 6.45) is 1.10. The third-order valence-electron chi connectivity index (χ3n) is 7.39. The fourth-order valence-electron chi connectivity index (χ4n) is 5.22. The smallest absolute Gasteiger partial charge is 0.275 e. The van der Waals surface area contributed by atoms with Gasteiger partial charge in [-0.15, -0.1) is 0 Å². The topological polar surface area (TPSA) is 88.8 Å². The molecule has 3 aliphatic heterocycles. The number of rotatable bonds is 8. The Bertz CT molecular complexity index is 999. The van der Waals surface area contributed by atoms with Crippen LogP contribution >= 0.6 is 0 Å². The maximum Gasteiger partial charge on any atom is 0.275 e. The van der Waals surface area contributed by atoms with Crippen molar-refractivity contribution in [3.05, 3.63) is 47.9 Å². The van der Waals surface area contributed by atoms with E-state index < -0.39 is 0 Å². The summed E-state index contributed by atoms with van der Waals surface area (Å²) >= 11 is 0. The molecule has 0 radical (unpaired) electrons. The third-order valence-corrected chi connectivity index (χ3v) is 7.39. The number of amides is 1. The molecule has 202 valence electrons. The van der Waals surface area contributed by atoms with Crippen molar-refractivity contribution >= 4 is 11.6 Å². The van der Waals surface area contributed by atoms with Crippen LogP contribution < -0.4 is 4.90 Å². The quantitative estimate of drug-likeness (QED) is 0.542. The minimum absolute atomic E-state index is 0.118. The van der Waals surface area contributed by atoms with E-state index in [4.69, 9.17) is 9.15 Å². The molecular formula is C26H37FN6O4. The van der Waals surface area contributed by atoms with E-state index in [1.54, 1.807) is 17.0 Å². The molecule has 3 saturated heterocycles. The first-order valence-electron chi connectivity index (χ1n) is 13.2. The number of hydrogen-bond acceptors (Lipinski definition) is 9. The molecule has 0 unspecified atom stereocenters. The summed E-state index contributed by atoms with van der Waals surface area (Å²) in [6, 6.07) is 6.45. The maximum absolute atomic E-state index is 13.2. The van der Waals surface area contributed by atoms with Crippen molar-refractivity contribution in [3.63, 3.8) is 0 Å². The Labute approximate surface area is 217 Å². The lowest BCUT2D eigenvalue weighted by atomic mass is 10.2. The summed E-state index contributed by atoms with van der Waals surface area (Å²) in [7, 11) is 0. The molecule has 0 saturated carbocycles. The second kappa shape index (κ2) is 12.3. The molecule has 3 aliphatic rings. The molecule has 1 aromatic heterocycles. The molecule has 37 heavy (non-hydrogen) atoms. The first-order chi connectivity index (χ1) is 18.0. The van der Waals surface area contributed by atoms with Crippen LogP contribution in [0.1, 0.15) is 16.4 Å². The summed E-state index contributed by atoms with van der Waals surface area (Å²) in [6.45, 7) is 11.2. The lowest BCUT2D eigenvalue weighted by Crippen LogP contribution is -2.50. The van der Waals surface area contributed by atoms with Gasteiger partial charge in [-0.3, -0.25) is 19.5 Å². The van der Waals surface area contributed by atoms with Crippen LogP contribution in [0.4, 0.5) is 10.1 Å². The third kappa shape index (κ3) is 7.05. The van der Waals surface area contributed by atoms with Gasteiger partial charge in [0.15, 0.2) is 5.69 Å². The van der Waals surface area contributed by atoms with Gasteiger partial charge in [-0.25, -0.2) is 9.37 Å². The Morgan fingerprint density at radius 1 is 0.892 bits per heavy atom. The number of morpholine rings is 1. The number of aliphatic hydroxyl groups is 1. The van der Waals surface area contributed by atoms with Gasteiger partial charge in [-0.2, -0.15) is 0 Å². The number of carbonyl (C=O) groups is 1. The number of carbonyl (C=O) groups excluding carboxylic acids is 1. The standard InChI is InChI=1S/C26H37FN6O4/c27-21-1-3-22(4-2-21)32-9-11-33(12-10-32)26(35)24-20-37-25(28-24)19-30-7-5-29(6-8-30)17-23(34)18-31-13-15-36-16-14-31/h1-4,20,23,34H,5-19H2/t23-/m1/s1. The van der Waals surface area contributed by atoms with E-state index in [1.807, 2.05) is 0 Å². The van der Waals surface area contributed by atoms with Crippen LogP contribution in [-0.2, 0) is 11.3 Å². The molecule has 0 bridgehead atoms. The number of nitrogens with zero attached hydrogens (tertiary/aromatic N) is 6. The van der Waals surface area contributed by atoms with E-state index in [0.717, 1.165) is 58.2 Å². The van der Waals surface area contributed by atoms with Crippen LogP contribution in [0, 0.1) is 5.82 Å². The molecule has 1 N–H and O–H groups in total. The maximum atomic E-state index is 13.2. The highest BCUT2D eigenvalue weighted by Gasteiger charge is 2.26. The fraction of sp³-hybridized carbons (Fsp3) is 0.615. The van der Waals surface area contributed by atoms with Crippen LogP contribution in [0.3, 0.4) is 0 Å². The van der Waals surface area contributed by atoms with Crippen molar-refractivity contribution in [1.29, 1.82) is 0 Å². The van der Waals surface area contributed by atoms with E-state index in [2.05, 4.69) is 24.6 Å². The summed E-state index contributed by atoms with van der Waals surface area (Å²) in [5, 5.41) is 10.5. The number of piperazine rings is 2. The second-order valence-electron chi connectivity index (χ2n) is 10.0. The predicted octanol–water partition coefficient (Wildman–Crippen LogP) is 0.587. The second-order valence-corrected chi connectivity index (χ2v) is 10.0. The van der Waals surface area contributed by atoms with Crippen molar-refractivity contribution in [1.82, 2.24) is 24.6 Å². The number of aliphatic hydroxyl groups excluding tert-OH is 1. The van der Waals surface area contributed by atoms with Crippen molar-refractivity contribution in [3.8, 4) is 0 Å². The zero-order valence-electron chi connectivity index (χ0n) is 21.3. The van der Waals surface area contributed by atoms with Crippen LogP contribution in [0.2, 0.25) is 0 Å². The van der Waals surface area contributed by atoms with Crippen molar-refractivity contribution in [2.45, 2.75) is 12.6 Å². The average Bonchev–Trinajstić information content (AvgIpc) is 3.39. The Morgan fingerprint density at radius 2 is 1.51 bits per heavy atom. The molecule has 0 aliphatic carbocycles. The molecule has 4 heterocycles. The average molecular weight is 517 g/mol. The number of anilines is 1. The molecule has 11 heteroatoms. The first kappa shape index (κ1) is 26.1. The van der Waals surface area contributed by atoms with E-state index in [9.17, 15) is 14.3 Å². The molecule has 2 aromatic rings. The van der Waals surface area contributed by atoms with E-state index >= 15 is 0 Å². The van der Waals surface area contributed by atoms with Gasteiger partial charge in [-0.1, -0.05) is 0 Å². The molecule has 1 atom stereocenters. The Balaban J connectivity index is 1.03. The number of β-amino-alcohol motifs (C(OH)–C–C–N with tert-alkyl or cyclic N) is 1. The lowest BCUT2D eigenvalue weighted by molar-refractivity contribution is 0.00187. The minimum atomic E-state index is -0.359. The highest BCUT2D eigenvalue weighted by molar-refractivity contribution is 5.92. The highest BCUT2D eigenvalue weighted by atomic mass is 19.1. The molecule has 3 fully saturated rings. The van der Waals surface area contributed by atoms with Crippen molar-refractivity contribution in [2.24, 2.45) is 0 Å². The number of hydrogen-bond donors (Lipinski definition) is 1. The van der Waals surface area contributed by atoms with E-state index in [1.165, 1.54) is 18.4 Å². The summed E-state index contributed by atoms with van der Waals surface area (Å²) in [5.41, 5.74) is 1.30. The van der Waals surface area contributed by atoms with Gasteiger partial charge in [0.1, 0.15) is 12.1 Å². The SMILES string of the molecule is O=C(c1coc(CN2CCN(C[C@@H](O)CN3CCOCC3)CC2)n1)N1CCN(c2ccc(F)cc2)CC1. The lowest BCUT2D eigenvalue weighted by Gasteiger charge is -2.36. The molecule has 1 amide bonds. The zero-order chi connectivity index (χ0) is 25.6. The Kier molecular flexibility index (Phi) is 8.67. The number of ether oxygens (including phenoxy) is 1. The number of oxazole rings is 1. The fourth-order valence-corrected chi connectivity index (χ4v) is 5.22. The monoisotopic (exact) mass is 516 g/mol. The van der Waals surface area contributed by atoms with Gasteiger partial charge in [0.05, 0.1) is 25.9 Å². The predicted molar refractivity (Wildman–Crippen MR) is 136 cm³/mol. The van der Waals surface area contributed by atoms with Gasteiger partial charge < -0.3 is 24.1 Å². The Hall–Kier alpha value is -2.57. The van der Waals surface area contributed by atoms with Gasteiger partial charge in [0.2, 0.25) is 5.89 Å². The summed E-state index contributed by atoms with van der Waals surface area (Å²) < 4.78 is 24.2. The van der Waals surface area contributed by atoms with Gasteiger partial charge in [-0.05, 0) is 24.3 Å². The van der Waals surface area contributed by atoms with Gasteiger partial charge in [0.25, 0.3) is 5.91 Å². The number of benzene rings is 1. The summed E-state index contributed by atoms with van der Waals surface area (Å²) in [4.78, 5) is 28.2. The van der Waals surface area contributed by atoms with E-state index in [0.29, 0.717) is 57.4 Å². The minimum Gasteiger partial charge on any atom is -0.447 e. The highest BCUT2D eigenvalue weighted by Crippen LogP contribution is 2.18.